The Bertz CT molecular complexity index is 1060. The van der Waals surface area contributed by atoms with Crippen LogP contribution in [0.5, 0.6) is 17.2 Å². The van der Waals surface area contributed by atoms with E-state index in [0.29, 0.717) is 16.3 Å². The van der Waals surface area contributed by atoms with Gasteiger partial charge in [0.25, 0.3) is 0 Å². The summed E-state index contributed by atoms with van der Waals surface area (Å²) in [6.45, 7) is 0. The third-order valence-corrected chi connectivity index (χ3v) is 4.92. The quantitative estimate of drug-likeness (QED) is 0.451. The Hall–Kier alpha value is -3.18. The lowest BCUT2D eigenvalue weighted by Crippen LogP contribution is -2.00. The van der Waals surface area contributed by atoms with Crippen LogP contribution < -0.4 is 9.47 Å². The van der Waals surface area contributed by atoms with Crippen molar-refractivity contribution in [2.24, 2.45) is 0 Å². The molecule has 0 amide bonds. The molecule has 4 rings (SSSR count). The lowest BCUT2D eigenvalue weighted by Gasteiger charge is -2.05. The number of benzene rings is 3. The van der Waals surface area contributed by atoms with E-state index in [1.807, 2.05) is 48.5 Å². The largest absolute Gasteiger partial charge is 0.497 e. The number of ketones is 1. The molecule has 0 aliphatic carbocycles. The standard InChI is InChI=1S/C21H15NO3S/c1-24-17-11-12-19-18(13-17)22-21(26-19)20(23)14-7-9-16(10-8-14)25-15-5-3-2-4-6-15/h2-13H,1H3. The summed E-state index contributed by atoms with van der Waals surface area (Å²) < 4.78 is 11.9. The summed E-state index contributed by atoms with van der Waals surface area (Å²) in [4.78, 5) is 17.2. The maximum Gasteiger partial charge on any atom is 0.221 e. The molecule has 0 fully saturated rings. The number of aromatic nitrogens is 1. The van der Waals surface area contributed by atoms with Gasteiger partial charge < -0.3 is 9.47 Å². The highest BCUT2D eigenvalue weighted by Crippen LogP contribution is 2.28. The number of carbonyl (C=O) groups excluding carboxylic acids is 1. The van der Waals surface area contributed by atoms with Crippen LogP contribution in [0, 0.1) is 0 Å². The SMILES string of the molecule is COc1ccc2sc(C(=O)c3ccc(Oc4ccccc4)cc3)nc2c1. The van der Waals surface area contributed by atoms with Crippen molar-refractivity contribution in [2.75, 3.05) is 7.11 Å². The average Bonchev–Trinajstić information content (AvgIpc) is 3.12. The van der Waals surface area contributed by atoms with Crippen molar-refractivity contribution in [1.82, 2.24) is 4.98 Å². The molecule has 4 nitrogen and oxygen atoms in total. The van der Waals surface area contributed by atoms with Crippen molar-refractivity contribution in [2.45, 2.75) is 0 Å². The fraction of sp³-hybridized carbons (Fsp3) is 0.0476. The van der Waals surface area contributed by atoms with Crippen molar-refractivity contribution >= 4 is 27.3 Å². The van der Waals surface area contributed by atoms with Gasteiger partial charge in [-0.25, -0.2) is 4.98 Å². The molecular weight excluding hydrogens is 346 g/mol. The summed E-state index contributed by atoms with van der Waals surface area (Å²) in [6.07, 6.45) is 0. The highest BCUT2D eigenvalue weighted by atomic mass is 32.1. The van der Waals surface area contributed by atoms with Crippen LogP contribution in [-0.4, -0.2) is 17.9 Å². The van der Waals surface area contributed by atoms with Crippen molar-refractivity contribution in [3.63, 3.8) is 0 Å². The lowest BCUT2D eigenvalue weighted by atomic mass is 10.1. The molecule has 0 saturated heterocycles. The third-order valence-electron chi connectivity index (χ3n) is 3.88. The Kier molecular flexibility index (Phi) is 4.37. The summed E-state index contributed by atoms with van der Waals surface area (Å²) in [7, 11) is 1.61. The summed E-state index contributed by atoms with van der Waals surface area (Å²) in [6, 6.07) is 22.2. The molecule has 0 atom stereocenters. The molecule has 0 aliphatic heterocycles. The number of ether oxygens (including phenoxy) is 2. The third kappa shape index (κ3) is 3.30. The van der Waals surface area contributed by atoms with E-state index < -0.39 is 0 Å². The van der Waals surface area contributed by atoms with Gasteiger partial charge >= 0.3 is 0 Å². The second-order valence-corrected chi connectivity index (χ2v) is 6.65. The summed E-state index contributed by atoms with van der Waals surface area (Å²) in [5.41, 5.74) is 1.35. The van der Waals surface area contributed by atoms with Crippen LogP contribution in [0.1, 0.15) is 15.4 Å². The van der Waals surface area contributed by atoms with Crippen LogP contribution in [0.2, 0.25) is 0 Å². The average molecular weight is 361 g/mol. The summed E-state index contributed by atoms with van der Waals surface area (Å²) in [5, 5.41) is 0.463. The Balaban J connectivity index is 1.56. The summed E-state index contributed by atoms with van der Waals surface area (Å²) >= 11 is 1.38. The molecule has 0 N–H and O–H groups in total. The van der Waals surface area contributed by atoms with Gasteiger partial charge in [-0.05, 0) is 48.5 Å². The van der Waals surface area contributed by atoms with Crippen LogP contribution in [0.4, 0.5) is 0 Å². The first kappa shape index (κ1) is 16.3. The fourth-order valence-electron chi connectivity index (χ4n) is 2.55. The van der Waals surface area contributed by atoms with Crippen molar-refractivity contribution < 1.29 is 14.3 Å². The molecule has 0 unspecified atom stereocenters. The van der Waals surface area contributed by atoms with Gasteiger partial charge in [-0.3, -0.25) is 4.79 Å². The zero-order valence-electron chi connectivity index (χ0n) is 14.0. The normalized spacial score (nSPS) is 10.7. The topological polar surface area (TPSA) is 48.4 Å². The first-order valence-electron chi connectivity index (χ1n) is 8.05. The van der Waals surface area contributed by atoms with Gasteiger partial charge in [0.05, 0.1) is 17.3 Å². The number of nitrogens with zero attached hydrogens (tertiary/aromatic N) is 1. The highest BCUT2D eigenvalue weighted by Gasteiger charge is 2.15. The zero-order chi connectivity index (χ0) is 17.9. The maximum atomic E-state index is 12.7. The Labute approximate surface area is 154 Å². The molecule has 0 saturated carbocycles. The maximum absolute atomic E-state index is 12.7. The van der Waals surface area contributed by atoms with Crippen molar-refractivity contribution in [1.29, 1.82) is 0 Å². The van der Waals surface area contributed by atoms with Gasteiger partial charge in [0.2, 0.25) is 5.78 Å². The molecular formula is C21H15NO3S. The minimum Gasteiger partial charge on any atom is -0.497 e. The fourth-order valence-corrected chi connectivity index (χ4v) is 3.46. The number of hydrogen-bond donors (Lipinski definition) is 0. The molecule has 3 aromatic carbocycles. The van der Waals surface area contributed by atoms with E-state index >= 15 is 0 Å². The smallest absolute Gasteiger partial charge is 0.221 e. The van der Waals surface area contributed by atoms with Crippen LogP contribution in [-0.2, 0) is 0 Å². The van der Waals surface area contributed by atoms with E-state index in [2.05, 4.69) is 4.98 Å². The molecule has 0 aliphatic rings. The molecule has 0 spiro atoms. The van der Waals surface area contributed by atoms with Crippen molar-refractivity contribution in [3.8, 4) is 17.2 Å². The number of thiazole rings is 1. The van der Waals surface area contributed by atoms with Crippen LogP contribution in [0.3, 0.4) is 0 Å². The molecule has 26 heavy (non-hydrogen) atoms. The van der Waals surface area contributed by atoms with Gasteiger partial charge in [0, 0.05) is 11.6 Å². The van der Waals surface area contributed by atoms with E-state index in [9.17, 15) is 4.79 Å². The van der Waals surface area contributed by atoms with Crippen LogP contribution in [0.15, 0.2) is 72.8 Å². The van der Waals surface area contributed by atoms with E-state index in [1.54, 1.807) is 31.4 Å². The lowest BCUT2D eigenvalue weighted by molar-refractivity contribution is 0.103. The first-order chi connectivity index (χ1) is 12.7. The van der Waals surface area contributed by atoms with Gasteiger partial charge in [0.15, 0.2) is 5.01 Å². The van der Waals surface area contributed by atoms with Gasteiger partial charge in [0.1, 0.15) is 17.2 Å². The van der Waals surface area contributed by atoms with E-state index in [-0.39, 0.29) is 5.78 Å². The Morgan fingerprint density at radius 2 is 1.58 bits per heavy atom. The van der Waals surface area contributed by atoms with Crippen LogP contribution >= 0.6 is 11.3 Å². The van der Waals surface area contributed by atoms with E-state index in [0.717, 1.165) is 21.7 Å². The second kappa shape index (κ2) is 6.98. The predicted molar refractivity (Wildman–Crippen MR) is 103 cm³/mol. The number of carbonyl (C=O) groups is 1. The number of methoxy groups -OCH3 is 1. The monoisotopic (exact) mass is 361 g/mol. The van der Waals surface area contributed by atoms with E-state index in [1.165, 1.54) is 11.3 Å². The van der Waals surface area contributed by atoms with Gasteiger partial charge in [-0.2, -0.15) is 0 Å². The minimum atomic E-state index is -0.101. The predicted octanol–water partition coefficient (Wildman–Crippen LogP) is 5.33. The molecule has 5 heteroatoms. The number of para-hydroxylation sites is 1. The van der Waals surface area contributed by atoms with Gasteiger partial charge in [-0.1, -0.05) is 18.2 Å². The Morgan fingerprint density at radius 3 is 2.31 bits per heavy atom. The molecule has 1 aromatic heterocycles. The molecule has 1 heterocycles. The number of rotatable bonds is 5. The minimum absolute atomic E-state index is 0.101. The molecule has 128 valence electrons. The summed E-state index contributed by atoms with van der Waals surface area (Å²) in [5.74, 6) is 2.06. The van der Waals surface area contributed by atoms with Crippen LogP contribution in [0.25, 0.3) is 10.2 Å². The van der Waals surface area contributed by atoms with E-state index in [4.69, 9.17) is 9.47 Å². The molecule has 0 bridgehead atoms. The first-order valence-corrected chi connectivity index (χ1v) is 8.87. The Morgan fingerprint density at radius 1 is 0.885 bits per heavy atom. The zero-order valence-corrected chi connectivity index (χ0v) is 14.8. The van der Waals surface area contributed by atoms with Gasteiger partial charge in [-0.15, -0.1) is 11.3 Å². The second-order valence-electron chi connectivity index (χ2n) is 5.62. The highest BCUT2D eigenvalue weighted by molar-refractivity contribution is 7.20. The van der Waals surface area contributed by atoms with Crippen molar-refractivity contribution in [3.05, 3.63) is 83.4 Å². The molecule has 4 aromatic rings. The number of fused-ring (bicyclic) bond motifs is 1. The molecule has 0 radical (unpaired) electrons. The number of hydrogen-bond acceptors (Lipinski definition) is 5.